The second-order valence-corrected chi connectivity index (χ2v) is 7.71. The summed E-state index contributed by atoms with van der Waals surface area (Å²) >= 11 is 12.1. The second kappa shape index (κ2) is 9.29. The quantitative estimate of drug-likeness (QED) is 0.343. The summed E-state index contributed by atoms with van der Waals surface area (Å²) in [6.07, 6.45) is 0. The largest absolute Gasteiger partial charge is 0.496 e. The molecule has 4 aromatic rings. The smallest absolute Gasteiger partial charge is 0.255 e. The van der Waals surface area contributed by atoms with Crippen molar-refractivity contribution in [2.45, 2.75) is 6.61 Å². The standard InChI is InChI=1S/C25H19Cl2NO3/c1-30-23-12-9-17(25(29)28-22-11-10-19(26)14-21(22)27)13-18(23)15-31-24-8-4-6-16-5-2-3-7-20(16)24/h2-14H,15H2,1H3,(H,28,29). The van der Waals surface area contributed by atoms with Crippen molar-refractivity contribution in [1.29, 1.82) is 0 Å². The SMILES string of the molecule is COc1ccc(C(=O)Nc2ccc(Cl)cc2Cl)cc1COc1cccc2ccccc12. The Morgan fingerprint density at radius 2 is 1.71 bits per heavy atom. The second-order valence-electron chi connectivity index (χ2n) is 6.87. The molecule has 1 amide bonds. The summed E-state index contributed by atoms with van der Waals surface area (Å²) in [5.41, 5.74) is 1.70. The van der Waals surface area contributed by atoms with Gasteiger partial charge in [-0.05, 0) is 47.9 Å². The van der Waals surface area contributed by atoms with Gasteiger partial charge in [-0.15, -0.1) is 0 Å². The molecule has 0 spiro atoms. The number of methoxy groups -OCH3 is 1. The third kappa shape index (κ3) is 4.76. The van der Waals surface area contributed by atoms with Crippen LogP contribution in [0.3, 0.4) is 0 Å². The van der Waals surface area contributed by atoms with E-state index in [9.17, 15) is 4.79 Å². The lowest BCUT2D eigenvalue weighted by molar-refractivity contribution is 0.102. The van der Waals surface area contributed by atoms with Crippen molar-refractivity contribution in [3.05, 3.63) is 100 Å². The van der Waals surface area contributed by atoms with Crippen molar-refractivity contribution in [2.75, 3.05) is 12.4 Å². The minimum absolute atomic E-state index is 0.250. The van der Waals surface area contributed by atoms with Gasteiger partial charge in [-0.25, -0.2) is 0 Å². The van der Waals surface area contributed by atoms with Crippen LogP contribution in [0.25, 0.3) is 10.8 Å². The summed E-state index contributed by atoms with van der Waals surface area (Å²) in [4.78, 5) is 12.8. The van der Waals surface area contributed by atoms with Crippen LogP contribution in [-0.2, 0) is 6.61 Å². The molecular weight excluding hydrogens is 433 g/mol. The maximum absolute atomic E-state index is 12.8. The molecule has 4 nitrogen and oxygen atoms in total. The Hall–Kier alpha value is -3.21. The van der Waals surface area contributed by atoms with Gasteiger partial charge in [-0.3, -0.25) is 4.79 Å². The highest BCUT2D eigenvalue weighted by Gasteiger charge is 2.13. The van der Waals surface area contributed by atoms with E-state index in [0.717, 1.165) is 22.1 Å². The molecule has 1 N–H and O–H groups in total. The number of rotatable bonds is 6. The maximum Gasteiger partial charge on any atom is 0.255 e. The number of hydrogen-bond donors (Lipinski definition) is 1. The van der Waals surface area contributed by atoms with E-state index in [4.69, 9.17) is 32.7 Å². The fourth-order valence-corrected chi connectivity index (χ4v) is 3.75. The lowest BCUT2D eigenvalue weighted by Gasteiger charge is -2.14. The van der Waals surface area contributed by atoms with E-state index in [0.29, 0.717) is 27.0 Å². The molecule has 156 valence electrons. The fourth-order valence-electron chi connectivity index (χ4n) is 3.30. The third-order valence-corrected chi connectivity index (χ3v) is 5.40. The molecule has 31 heavy (non-hydrogen) atoms. The van der Waals surface area contributed by atoms with Crippen LogP contribution in [0.2, 0.25) is 10.0 Å². The van der Waals surface area contributed by atoms with E-state index >= 15 is 0 Å². The Morgan fingerprint density at radius 3 is 2.52 bits per heavy atom. The highest BCUT2D eigenvalue weighted by Crippen LogP contribution is 2.29. The summed E-state index contributed by atoms with van der Waals surface area (Å²) in [5.74, 6) is 1.11. The zero-order valence-electron chi connectivity index (χ0n) is 16.7. The summed E-state index contributed by atoms with van der Waals surface area (Å²) in [5, 5.41) is 5.80. The molecule has 4 rings (SSSR count). The van der Waals surface area contributed by atoms with Crippen molar-refractivity contribution in [2.24, 2.45) is 0 Å². The highest BCUT2D eigenvalue weighted by molar-refractivity contribution is 6.36. The first-order valence-electron chi connectivity index (χ1n) is 9.59. The first kappa shape index (κ1) is 21.0. The van der Waals surface area contributed by atoms with Crippen LogP contribution in [0.1, 0.15) is 15.9 Å². The van der Waals surface area contributed by atoms with Crippen molar-refractivity contribution < 1.29 is 14.3 Å². The molecule has 4 aromatic carbocycles. The number of benzene rings is 4. The zero-order valence-corrected chi connectivity index (χ0v) is 18.2. The van der Waals surface area contributed by atoms with Gasteiger partial charge in [-0.1, -0.05) is 59.6 Å². The molecule has 0 radical (unpaired) electrons. The number of fused-ring (bicyclic) bond motifs is 1. The topological polar surface area (TPSA) is 47.6 Å². The van der Waals surface area contributed by atoms with E-state index in [1.807, 2.05) is 42.5 Å². The molecule has 0 bridgehead atoms. The Labute approximate surface area is 190 Å². The summed E-state index contributed by atoms with van der Waals surface area (Å²) in [7, 11) is 1.59. The van der Waals surface area contributed by atoms with E-state index < -0.39 is 0 Å². The normalized spacial score (nSPS) is 10.7. The maximum atomic E-state index is 12.8. The van der Waals surface area contributed by atoms with Crippen molar-refractivity contribution in [1.82, 2.24) is 0 Å². The lowest BCUT2D eigenvalue weighted by Crippen LogP contribution is -2.13. The molecule has 0 aromatic heterocycles. The van der Waals surface area contributed by atoms with Crippen LogP contribution in [0.5, 0.6) is 11.5 Å². The van der Waals surface area contributed by atoms with Crippen LogP contribution in [-0.4, -0.2) is 13.0 Å². The zero-order chi connectivity index (χ0) is 21.8. The lowest BCUT2D eigenvalue weighted by atomic mass is 10.1. The van der Waals surface area contributed by atoms with Crippen molar-refractivity contribution in [3.8, 4) is 11.5 Å². The van der Waals surface area contributed by atoms with Gasteiger partial charge in [0, 0.05) is 21.5 Å². The Morgan fingerprint density at radius 1 is 0.903 bits per heavy atom. The number of amides is 1. The predicted molar refractivity (Wildman–Crippen MR) is 126 cm³/mol. The molecule has 0 aliphatic heterocycles. The monoisotopic (exact) mass is 451 g/mol. The van der Waals surface area contributed by atoms with Gasteiger partial charge in [0.25, 0.3) is 5.91 Å². The molecular formula is C25H19Cl2NO3. The summed E-state index contributed by atoms with van der Waals surface area (Å²) < 4.78 is 11.5. The molecule has 0 aliphatic carbocycles. The van der Waals surface area contributed by atoms with Crippen LogP contribution < -0.4 is 14.8 Å². The molecule has 6 heteroatoms. The number of nitrogens with one attached hydrogen (secondary N) is 1. The first-order chi connectivity index (χ1) is 15.0. The van der Waals surface area contributed by atoms with Crippen LogP contribution in [0.4, 0.5) is 5.69 Å². The molecule has 0 fully saturated rings. The minimum atomic E-state index is -0.293. The highest BCUT2D eigenvalue weighted by atomic mass is 35.5. The van der Waals surface area contributed by atoms with Gasteiger partial charge in [0.05, 0.1) is 17.8 Å². The molecule has 0 aliphatic rings. The average Bonchev–Trinajstić information content (AvgIpc) is 2.79. The summed E-state index contributed by atoms with van der Waals surface area (Å²) in [6, 6.07) is 24.0. The number of halogens is 2. The molecule has 0 saturated heterocycles. The predicted octanol–water partition coefficient (Wildman–Crippen LogP) is 6.99. The van der Waals surface area contributed by atoms with Gasteiger partial charge < -0.3 is 14.8 Å². The van der Waals surface area contributed by atoms with Crippen molar-refractivity contribution in [3.63, 3.8) is 0 Å². The van der Waals surface area contributed by atoms with Crippen LogP contribution in [0, 0.1) is 0 Å². The third-order valence-electron chi connectivity index (χ3n) is 4.85. The van der Waals surface area contributed by atoms with E-state index in [-0.39, 0.29) is 12.5 Å². The van der Waals surface area contributed by atoms with E-state index in [2.05, 4.69) is 5.32 Å². The Balaban J connectivity index is 1.56. The Bertz CT molecular complexity index is 1250. The minimum Gasteiger partial charge on any atom is -0.496 e. The van der Waals surface area contributed by atoms with Crippen molar-refractivity contribution >= 4 is 45.6 Å². The number of carbonyl (C=O) groups excluding carboxylic acids is 1. The summed E-state index contributed by atoms with van der Waals surface area (Å²) in [6.45, 7) is 0.250. The first-order valence-corrected chi connectivity index (χ1v) is 10.3. The number of anilines is 1. The van der Waals surface area contributed by atoms with Gasteiger partial charge in [0.15, 0.2) is 0 Å². The van der Waals surface area contributed by atoms with Gasteiger partial charge in [0.2, 0.25) is 0 Å². The fraction of sp³-hybridized carbons (Fsp3) is 0.0800. The number of hydrogen-bond acceptors (Lipinski definition) is 3. The van der Waals surface area contributed by atoms with Crippen LogP contribution in [0.15, 0.2) is 78.9 Å². The van der Waals surface area contributed by atoms with Gasteiger partial charge in [-0.2, -0.15) is 0 Å². The van der Waals surface area contributed by atoms with Crippen LogP contribution >= 0.6 is 23.2 Å². The Kier molecular flexibility index (Phi) is 6.31. The van der Waals surface area contributed by atoms with Gasteiger partial charge in [0.1, 0.15) is 18.1 Å². The average molecular weight is 452 g/mol. The molecule has 0 heterocycles. The number of carbonyl (C=O) groups is 1. The number of ether oxygens (including phenoxy) is 2. The van der Waals surface area contributed by atoms with Gasteiger partial charge >= 0.3 is 0 Å². The molecule has 0 unspecified atom stereocenters. The van der Waals surface area contributed by atoms with E-state index in [1.165, 1.54) is 0 Å². The molecule has 0 saturated carbocycles. The molecule has 0 atom stereocenters. The van der Waals surface area contributed by atoms with E-state index in [1.54, 1.807) is 43.5 Å².